The first kappa shape index (κ1) is 9.72. The average molecular weight is 229 g/mol. The monoisotopic (exact) mass is 228 g/mol. The average Bonchev–Trinajstić information content (AvgIpc) is 1.97. The minimum absolute atomic E-state index is 0.176. The third kappa shape index (κ3) is 2.31. The van der Waals surface area contributed by atoms with Crippen LogP contribution in [0.15, 0.2) is 22.7 Å². The van der Waals surface area contributed by atoms with E-state index >= 15 is 0 Å². The predicted octanol–water partition coefficient (Wildman–Crippen LogP) is 3.21. The third-order valence-electron chi connectivity index (χ3n) is 2.11. The molecule has 0 spiro atoms. The van der Waals surface area contributed by atoms with Crippen LogP contribution in [0.25, 0.3) is 0 Å². The van der Waals surface area contributed by atoms with Gasteiger partial charge in [0.05, 0.1) is 0 Å². The van der Waals surface area contributed by atoms with Crippen LogP contribution in [-0.4, -0.2) is 5.78 Å². The first-order valence-corrected chi connectivity index (χ1v) is 4.99. The Morgan fingerprint density at radius 3 is 2.83 bits per heavy atom. The zero-order valence-electron chi connectivity index (χ0n) is 7.43. The summed E-state index contributed by atoms with van der Waals surface area (Å²) in [6.45, 7) is 4.31. The Kier molecular flexibility index (Phi) is 2.89. The smallest absolute Gasteiger partial charge is 0.162 e. The fourth-order valence-electron chi connectivity index (χ4n) is 1.36. The number of carbonyl (C=O) groups is 1. The second kappa shape index (κ2) is 3.56. The summed E-state index contributed by atoms with van der Waals surface area (Å²) in [6, 6.07) is 0. The zero-order valence-corrected chi connectivity index (χ0v) is 9.02. The molecule has 0 saturated carbocycles. The van der Waals surface area contributed by atoms with Gasteiger partial charge < -0.3 is 0 Å². The highest BCUT2D eigenvalue weighted by Gasteiger charge is 2.24. The number of carbonyl (C=O) groups excluding carboxylic acids is 1. The second-order valence-electron chi connectivity index (χ2n) is 3.80. The molecule has 1 rings (SSSR count). The van der Waals surface area contributed by atoms with E-state index in [-0.39, 0.29) is 11.2 Å². The van der Waals surface area contributed by atoms with Gasteiger partial charge in [-0.05, 0) is 22.9 Å². The Bertz CT molecular complexity index is 249. The predicted molar refractivity (Wildman–Crippen MR) is 54.2 cm³/mol. The summed E-state index contributed by atoms with van der Waals surface area (Å²) in [5.41, 5.74) is 1.01. The second-order valence-corrected chi connectivity index (χ2v) is 4.33. The van der Waals surface area contributed by atoms with Gasteiger partial charge in [0.15, 0.2) is 5.78 Å². The molecule has 0 aromatic rings. The van der Waals surface area contributed by atoms with Gasteiger partial charge in [-0.15, -0.1) is 0 Å². The number of hydrogen-bond donors (Lipinski definition) is 0. The lowest BCUT2D eigenvalue weighted by Crippen LogP contribution is -2.18. The number of ketones is 1. The lowest BCUT2D eigenvalue weighted by Gasteiger charge is -2.25. The molecule has 0 radical (unpaired) electrons. The molecule has 0 bridgehead atoms. The molecule has 1 aliphatic carbocycles. The molecule has 0 aliphatic heterocycles. The standard InChI is InChI=1S/C10H13BrO/c1-10(2)5-3-9(12)8(7-10)4-6-11/h4,6-7H,3,5H2,1-2H3/b6-4-. The summed E-state index contributed by atoms with van der Waals surface area (Å²) >= 11 is 3.18. The van der Waals surface area contributed by atoms with E-state index in [0.29, 0.717) is 6.42 Å². The van der Waals surface area contributed by atoms with Gasteiger partial charge in [-0.3, -0.25) is 4.79 Å². The van der Waals surface area contributed by atoms with Gasteiger partial charge in [-0.1, -0.05) is 35.9 Å². The van der Waals surface area contributed by atoms with Crippen molar-refractivity contribution in [2.75, 3.05) is 0 Å². The lowest BCUT2D eigenvalue weighted by atomic mass is 9.79. The Labute approximate surface area is 81.7 Å². The number of Topliss-reactive ketones (excluding diaryl/α,β-unsaturated/α-hetero) is 1. The Hall–Kier alpha value is -0.370. The van der Waals surface area contributed by atoms with Crippen molar-refractivity contribution < 1.29 is 4.79 Å². The van der Waals surface area contributed by atoms with Crippen LogP contribution in [0.3, 0.4) is 0 Å². The molecule has 0 saturated heterocycles. The summed E-state index contributed by atoms with van der Waals surface area (Å²) < 4.78 is 0. The van der Waals surface area contributed by atoms with E-state index in [4.69, 9.17) is 0 Å². The van der Waals surface area contributed by atoms with Crippen molar-refractivity contribution >= 4 is 21.7 Å². The normalized spacial score (nSPS) is 22.9. The maximum absolute atomic E-state index is 11.3. The van der Waals surface area contributed by atoms with E-state index in [9.17, 15) is 4.79 Å². The van der Waals surface area contributed by atoms with E-state index in [2.05, 4.69) is 35.9 Å². The van der Waals surface area contributed by atoms with E-state index in [1.54, 1.807) is 4.99 Å². The third-order valence-corrected chi connectivity index (χ3v) is 2.37. The minimum Gasteiger partial charge on any atom is -0.294 e. The maximum Gasteiger partial charge on any atom is 0.162 e. The molecule has 0 unspecified atom stereocenters. The number of rotatable bonds is 1. The van der Waals surface area contributed by atoms with Crippen LogP contribution < -0.4 is 0 Å². The maximum atomic E-state index is 11.3. The van der Waals surface area contributed by atoms with Crippen molar-refractivity contribution in [1.82, 2.24) is 0 Å². The highest BCUT2D eigenvalue weighted by Crippen LogP contribution is 2.31. The molecule has 0 aromatic heterocycles. The van der Waals surface area contributed by atoms with Crippen LogP contribution in [0.5, 0.6) is 0 Å². The highest BCUT2D eigenvalue weighted by atomic mass is 79.9. The Balaban J connectivity index is 2.93. The van der Waals surface area contributed by atoms with Gasteiger partial charge in [0.2, 0.25) is 0 Å². The van der Waals surface area contributed by atoms with Crippen molar-refractivity contribution in [3.05, 3.63) is 22.7 Å². The number of allylic oxidation sites excluding steroid dienone is 3. The van der Waals surface area contributed by atoms with Crippen LogP contribution in [0.4, 0.5) is 0 Å². The molecular weight excluding hydrogens is 216 g/mol. The summed E-state index contributed by atoms with van der Waals surface area (Å²) in [5, 5.41) is 0. The van der Waals surface area contributed by atoms with Crippen molar-refractivity contribution in [3.8, 4) is 0 Å². The van der Waals surface area contributed by atoms with Crippen LogP contribution in [-0.2, 0) is 4.79 Å². The molecule has 2 heteroatoms. The first-order valence-electron chi connectivity index (χ1n) is 4.08. The zero-order chi connectivity index (χ0) is 9.19. The quantitative estimate of drug-likeness (QED) is 0.674. The number of halogens is 1. The molecule has 12 heavy (non-hydrogen) atoms. The van der Waals surface area contributed by atoms with E-state index < -0.39 is 0 Å². The van der Waals surface area contributed by atoms with Crippen molar-refractivity contribution in [3.63, 3.8) is 0 Å². The van der Waals surface area contributed by atoms with Gasteiger partial charge in [0, 0.05) is 12.0 Å². The largest absolute Gasteiger partial charge is 0.294 e. The first-order chi connectivity index (χ1) is 5.55. The van der Waals surface area contributed by atoms with Gasteiger partial charge in [0.25, 0.3) is 0 Å². The topological polar surface area (TPSA) is 17.1 Å². The molecule has 0 fully saturated rings. The minimum atomic E-state index is 0.176. The van der Waals surface area contributed by atoms with Crippen LogP contribution in [0.2, 0.25) is 0 Å². The number of hydrogen-bond acceptors (Lipinski definition) is 1. The molecule has 0 amide bonds. The van der Waals surface area contributed by atoms with Gasteiger partial charge >= 0.3 is 0 Å². The molecular formula is C10H13BrO. The van der Waals surface area contributed by atoms with Crippen LogP contribution >= 0.6 is 15.9 Å². The fraction of sp³-hybridized carbons (Fsp3) is 0.500. The van der Waals surface area contributed by atoms with Gasteiger partial charge in [-0.2, -0.15) is 0 Å². The molecule has 1 nitrogen and oxygen atoms in total. The Morgan fingerprint density at radius 2 is 2.25 bits per heavy atom. The summed E-state index contributed by atoms with van der Waals surface area (Å²) in [5.74, 6) is 0.255. The molecule has 0 N–H and O–H groups in total. The summed E-state index contributed by atoms with van der Waals surface area (Å²) in [6.07, 6.45) is 5.52. The highest BCUT2D eigenvalue weighted by molar-refractivity contribution is 9.11. The molecule has 0 aromatic carbocycles. The molecule has 1 aliphatic rings. The SMILES string of the molecule is CC1(C)C=C(/C=C\Br)C(=O)CC1. The van der Waals surface area contributed by atoms with Crippen molar-refractivity contribution in [2.24, 2.45) is 5.41 Å². The molecule has 66 valence electrons. The lowest BCUT2D eigenvalue weighted by molar-refractivity contribution is -0.116. The Morgan fingerprint density at radius 1 is 1.58 bits per heavy atom. The summed E-state index contributed by atoms with van der Waals surface area (Å²) in [4.78, 5) is 13.1. The van der Waals surface area contributed by atoms with Gasteiger partial charge in [0.1, 0.15) is 0 Å². The fourth-order valence-corrected chi connectivity index (χ4v) is 1.65. The van der Waals surface area contributed by atoms with E-state index in [1.165, 1.54) is 0 Å². The van der Waals surface area contributed by atoms with Crippen molar-refractivity contribution in [2.45, 2.75) is 26.7 Å². The molecule has 0 heterocycles. The molecule has 0 atom stereocenters. The van der Waals surface area contributed by atoms with E-state index in [1.807, 2.05) is 6.08 Å². The van der Waals surface area contributed by atoms with Crippen LogP contribution in [0, 0.1) is 5.41 Å². The van der Waals surface area contributed by atoms with E-state index in [0.717, 1.165) is 12.0 Å². The van der Waals surface area contributed by atoms with Gasteiger partial charge in [-0.25, -0.2) is 0 Å². The van der Waals surface area contributed by atoms with Crippen LogP contribution in [0.1, 0.15) is 26.7 Å². The van der Waals surface area contributed by atoms with Crippen molar-refractivity contribution in [1.29, 1.82) is 0 Å². The summed E-state index contributed by atoms with van der Waals surface area (Å²) in [7, 11) is 0.